The van der Waals surface area contributed by atoms with Crippen LogP contribution in [0.1, 0.15) is 70.3 Å². The molecule has 34 heavy (non-hydrogen) atoms. The van der Waals surface area contributed by atoms with Gasteiger partial charge in [-0.2, -0.15) is 5.10 Å². The third-order valence-corrected chi connectivity index (χ3v) is 7.36. The molecule has 0 saturated carbocycles. The number of unbranched alkanes of at least 4 members (excludes halogenated alkanes) is 1. The van der Waals surface area contributed by atoms with E-state index in [1.807, 2.05) is 45.0 Å². The zero-order valence-electron chi connectivity index (χ0n) is 20.9. The number of amides is 3. The second kappa shape index (κ2) is 9.60. The van der Waals surface area contributed by atoms with Gasteiger partial charge in [-0.3, -0.25) is 24.0 Å². The molecule has 0 radical (unpaired) electrons. The monoisotopic (exact) mass is 465 g/mol. The number of benzene rings is 1. The fourth-order valence-corrected chi connectivity index (χ4v) is 5.11. The van der Waals surface area contributed by atoms with Crippen LogP contribution < -0.4 is 4.90 Å². The first kappa shape index (κ1) is 24.0. The number of hydrogen-bond acceptors (Lipinski definition) is 5. The number of anilines is 1. The van der Waals surface area contributed by atoms with Gasteiger partial charge in [0.15, 0.2) is 0 Å². The first-order valence-corrected chi connectivity index (χ1v) is 12.2. The van der Waals surface area contributed by atoms with E-state index in [2.05, 4.69) is 16.9 Å². The van der Waals surface area contributed by atoms with Gasteiger partial charge in [-0.1, -0.05) is 19.4 Å². The van der Waals surface area contributed by atoms with Crippen LogP contribution in [0, 0.1) is 19.8 Å². The SMILES string of the molecule is CCCCN(C)C(=O)C1CCN(c2cccc3c2C(=O)N(Cc2c(C)nn(C)c2C)C3=O)CC1. The molecular weight excluding hydrogens is 430 g/mol. The van der Waals surface area contributed by atoms with Gasteiger partial charge in [0.25, 0.3) is 11.8 Å². The molecule has 4 rings (SSSR count). The number of rotatable bonds is 7. The van der Waals surface area contributed by atoms with E-state index >= 15 is 0 Å². The molecule has 0 spiro atoms. The fourth-order valence-electron chi connectivity index (χ4n) is 5.11. The molecule has 2 aliphatic heterocycles. The van der Waals surface area contributed by atoms with Gasteiger partial charge in [0.1, 0.15) is 0 Å². The molecule has 0 N–H and O–H groups in total. The molecular formula is C26H35N5O3. The second-order valence-corrected chi connectivity index (χ2v) is 9.54. The molecule has 2 aliphatic rings. The van der Waals surface area contributed by atoms with E-state index in [1.165, 1.54) is 4.90 Å². The summed E-state index contributed by atoms with van der Waals surface area (Å²) in [7, 11) is 3.75. The summed E-state index contributed by atoms with van der Waals surface area (Å²) in [5, 5.41) is 4.42. The molecule has 0 atom stereocenters. The Labute approximate surface area is 201 Å². The van der Waals surface area contributed by atoms with Crippen molar-refractivity contribution in [3.05, 3.63) is 46.3 Å². The van der Waals surface area contributed by atoms with Crippen molar-refractivity contribution in [3.8, 4) is 0 Å². The molecule has 182 valence electrons. The van der Waals surface area contributed by atoms with E-state index in [4.69, 9.17) is 0 Å². The molecule has 0 unspecified atom stereocenters. The van der Waals surface area contributed by atoms with Crippen LogP contribution in [0.15, 0.2) is 18.2 Å². The van der Waals surface area contributed by atoms with Gasteiger partial charge < -0.3 is 9.80 Å². The summed E-state index contributed by atoms with van der Waals surface area (Å²) in [5.74, 6) is -0.283. The first-order chi connectivity index (χ1) is 16.2. The Kier molecular flexibility index (Phi) is 6.77. The zero-order valence-corrected chi connectivity index (χ0v) is 20.9. The highest BCUT2D eigenvalue weighted by molar-refractivity contribution is 6.23. The predicted molar refractivity (Wildman–Crippen MR) is 131 cm³/mol. The van der Waals surface area contributed by atoms with E-state index in [0.717, 1.165) is 54.9 Å². The number of carbonyl (C=O) groups is 3. The number of piperidine rings is 1. The second-order valence-electron chi connectivity index (χ2n) is 9.54. The third-order valence-electron chi connectivity index (χ3n) is 7.36. The molecule has 1 aromatic heterocycles. The van der Waals surface area contributed by atoms with Crippen LogP contribution >= 0.6 is 0 Å². The summed E-state index contributed by atoms with van der Waals surface area (Å²) in [4.78, 5) is 44.8. The molecule has 3 heterocycles. The van der Waals surface area contributed by atoms with Crippen molar-refractivity contribution in [1.29, 1.82) is 0 Å². The predicted octanol–water partition coefficient (Wildman–Crippen LogP) is 3.31. The molecule has 2 aromatic rings. The number of aromatic nitrogens is 2. The zero-order chi connectivity index (χ0) is 24.6. The molecule has 3 amide bonds. The first-order valence-electron chi connectivity index (χ1n) is 12.2. The molecule has 1 saturated heterocycles. The number of fused-ring (bicyclic) bond motifs is 1. The van der Waals surface area contributed by atoms with Crippen molar-refractivity contribution in [2.45, 2.75) is 53.0 Å². The Balaban J connectivity index is 1.50. The number of hydrogen-bond donors (Lipinski definition) is 0. The van der Waals surface area contributed by atoms with E-state index in [9.17, 15) is 14.4 Å². The highest BCUT2D eigenvalue weighted by Gasteiger charge is 2.40. The number of carbonyl (C=O) groups excluding carboxylic acids is 3. The largest absolute Gasteiger partial charge is 0.371 e. The van der Waals surface area contributed by atoms with Crippen molar-refractivity contribution < 1.29 is 14.4 Å². The van der Waals surface area contributed by atoms with Crippen molar-refractivity contribution in [2.24, 2.45) is 13.0 Å². The maximum Gasteiger partial charge on any atom is 0.263 e. The minimum Gasteiger partial charge on any atom is -0.371 e. The normalized spacial score (nSPS) is 16.4. The molecule has 1 fully saturated rings. The van der Waals surface area contributed by atoms with Crippen LogP contribution in [-0.2, 0) is 18.4 Å². The lowest BCUT2D eigenvalue weighted by Gasteiger charge is -2.35. The minimum absolute atomic E-state index is 0.0141. The molecule has 8 nitrogen and oxygen atoms in total. The smallest absolute Gasteiger partial charge is 0.263 e. The summed E-state index contributed by atoms with van der Waals surface area (Å²) >= 11 is 0. The maximum atomic E-state index is 13.5. The van der Waals surface area contributed by atoms with Gasteiger partial charge in [-0.05, 0) is 45.2 Å². The summed E-state index contributed by atoms with van der Waals surface area (Å²) < 4.78 is 1.78. The summed E-state index contributed by atoms with van der Waals surface area (Å²) in [6, 6.07) is 5.50. The lowest BCUT2D eigenvalue weighted by atomic mass is 9.94. The number of aryl methyl sites for hydroxylation is 2. The van der Waals surface area contributed by atoms with Crippen LogP contribution in [0.4, 0.5) is 5.69 Å². The lowest BCUT2D eigenvalue weighted by Crippen LogP contribution is -2.42. The topological polar surface area (TPSA) is 78.8 Å². The molecule has 0 bridgehead atoms. The van der Waals surface area contributed by atoms with Gasteiger partial charge in [-0.25, -0.2) is 0 Å². The van der Waals surface area contributed by atoms with Crippen molar-refractivity contribution in [2.75, 3.05) is 31.6 Å². The van der Waals surface area contributed by atoms with Crippen LogP contribution in [0.2, 0.25) is 0 Å². The third kappa shape index (κ3) is 4.21. The van der Waals surface area contributed by atoms with Gasteiger partial charge in [0.2, 0.25) is 5.91 Å². The van der Waals surface area contributed by atoms with E-state index < -0.39 is 0 Å². The van der Waals surface area contributed by atoms with E-state index in [0.29, 0.717) is 24.2 Å². The summed E-state index contributed by atoms with van der Waals surface area (Å²) in [6.07, 6.45) is 3.58. The van der Waals surface area contributed by atoms with E-state index in [-0.39, 0.29) is 30.2 Å². The Morgan fingerprint density at radius 1 is 1.15 bits per heavy atom. The van der Waals surface area contributed by atoms with Crippen LogP contribution in [0.3, 0.4) is 0 Å². The molecule has 1 aromatic carbocycles. The van der Waals surface area contributed by atoms with Crippen LogP contribution in [0.25, 0.3) is 0 Å². The van der Waals surface area contributed by atoms with Gasteiger partial charge >= 0.3 is 0 Å². The van der Waals surface area contributed by atoms with Gasteiger partial charge in [-0.15, -0.1) is 0 Å². The van der Waals surface area contributed by atoms with E-state index in [1.54, 1.807) is 10.7 Å². The Morgan fingerprint density at radius 3 is 2.47 bits per heavy atom. The van der Waals surface area contributed by atoms with Crippen molar-refractivity contribution in [3.63, 3.8) is 0 Å². The minimum atomic E-state index is -0.257. The number of nitrogens with zero attached hydrogens (tertiary/aromatic N) is 5. The lowest BCUT2D eigenvalue weighted by molar-refractivity contribution is -0.134. The Hall–Kier alpha value is -3.16. The quantitative estimate of drug-likeness (QED) is 0.586. The highest BCUT2D eigenvalue weighted by Crippen LogP contribution is 2.35. The Bertz CT molecular complexity index is 1110. The molecule has 8 heteroatoms. The Morgan fingerprint density at radius 2 is 1.85 bits per heavy atom. The average molecular weight is 466 g/mol. The fraction of sp³-hybridized carbons (Fsp3) is 0.538. The molecule has 0 aliphatic carbocycles. The van der Waals surface area contributed by atoms with Crippen LogP contribution in [-0.4, -0.2) is 64.0 Å². The van der Waals surface area contributed by atoms with Crippen molar-refractivity contribution >= 4 is 23.4 Å². The van der Waals surface area contributed by atoms with Gasteiger partial charge in [0, 0.05) is 50.9 Å². The maximum absolute atomic E-state index is 13.5. The standard InChI is InChI=1S/C26H35N5O3/c1-6-7-13-28(4)24(32)19-11-14-30(15-12-19)22-10-8-9-20-23(22)26(34)31(25(20)33)16-21-17(2)27-29(5)18(21)3/h8-10,19H,6-7,11-16H2,1-5H3. The van der Waals surface area contributed by atoms with Crippen LogP contribution in [0.5, 0.6) is 0 Å². The summed E-state index contributed by atoms with van der Waals surface area (Å²) in [6.45, 7) is 8.37. The highest BCUT2D eigenvalue weighted by atomic mass is 16.2. The number of imide groups is 1. The van der Waals surface area contributed by atoms with Gasteiger partial charge in [0.05, 0.1) is 29.1 Å². The average Bonchev–Trinajstić information content (AvgIpc) is 3.23. The summed E-state index contributed by atoms with van der Waals surface area (Å²) in [5.41, 5.74) is 4.42. The van der Waals surface area contributed by atoms with Crippen molar-refractivity contribution in [1.82, 2.24) is 19.6 Å².